The summed E-state index contributed by atoms with van der Waals surface area (Å²) in [5.41, 5.74) is 2.70. The second kappa shape index (κ2) is 8.87. The second-order valence-corrected chi connectivity index (χ2v) is 12.5. The van der Waals surface area contributed by atoms with E-state index in [0.29, 0.717) is 28.5 Å². The summed E-state index contributed by atoms with van der Waals surface area (Å²) in [7, 11) is 2.21. The molecule has 2 aromatic rings. The van der Waals surface area contributed by atoms with Gasteiger partial charge in [0.05, 0.1) is 26.1 Å². The number of benzene rings is 2. The van der Waals surface area contributed by atoms with Crippen molar-refractivity contribution in [1.82, 2.24) is 0 Å². The SMILES string of the molecule is CC(C)(C)C1CCC(C(=O)OC[N+]2(C)CC3c4ccccc4Oc4ccc(Cl)cc4C3C2)CC1. The largest absolute Gasteiger partial charge is 0.457 e. The number of carbonyl (C=O) groups is 1. The number of hydrogen-bond acceptors (Lipinski definition) is 3. The summed E-state index contributed by atoms with van der Waals surface area (Å²) >= 11 is 6.40. The maximum absolute atomic E-state index is 13.0. The Kier molecular flexibility index (Phi) is 6.18. The molecule has 3 atom stereocenters. The lowest BCUT2D eigenvalue weighted by Crippen LogP contribution is -2.45. The molecular weight excluding hydrogens is 446 g/mol. The number of fused-ring (bicyclic) bond motifs is 5. The van der Waals surface area contributed by atoms with E-state index in [9.17, 15) is 4.79 Å². The number of carbonyl (C=O) groups excluding carboxylic acids is 1. The van der Waals surface area contributed by atoms with Crippen molar-refractivity contribution in [2.24, 2.45) is 17.3 Å². The lowest BCUT2D eigenvalue weighted by Gasteiger charge is -2.36. The van der Waals surface area contributed by atoms with Gasteiger partial charge in [0.25, 0.3) is 0 Å². The highest BCUT2D eigenvalue weighted by atomic mass is 35.5. The highest BCUT2D eigenvalue weighted by Gasteiger charge is 2.48. The maximum atomic E-state index is 13.0. The molecule has 3 aliphatic rings. The Morgan fingerprint density at radius 3 is 2.35 bits per heavy atom. The van der Waals surface area contributed by atoms with Crippen LogP contribution in [0, 0.1) is 17.3 Å². The maximum Gasteiger partial charge on any atom is 0.313 e. The Labute approximate surface area is 208 Å². The highest BCUT2D eigenvalue weighted by Crippen LogP contribution is 2.51. The molecule has 0 spiro atoms. The van der Waals surface area contributed by atoms with Gasteiger partial charge in [-0.15, -0.1) is 0 Å². The van der Waals surface area contributed by atoms with Gasteiger partial charge in [-0.2, -0.15) is 0 Å². The normalized spacial score (nSPS) is 30.4. The molecule has 0 radical (unpaired) electrons. The first-order valence-corrected chi connectivity index (χ1v) is 13.1. The van der Waals surface area contributed by atoms with Crippen LogP contribution >= 0.6 is 11.6 Å². The van der Waals surface area contributed by atoms with Crippen LogP contribution in [0.3, 0.4) is 0 Å². The predicted octanol–water partition coefficient (Wildman–Crippen LogP) is 7.13. The van der Waals surface area contributed by atoms with Crippen molar-refractivity contribution in [3.05, 3.63) is 58.6 Å². The fourth-order valence-corrected chi connectivity index (χ4v) is 6.63. The number of nitrogens with zero attached hydrogens (tertiary/aromatic N) is 1. The van der Waals surface area contributed by atoms with Crippen LogP contribution in [0.1, 0.15) is 69.4 Å². The van der Waals surface area contributed by atoms with Gasteiger partial charge in [-0.05, 0) is 61.3 Å². The zero-order valence-electron chi connectivity index (χ0n) is 20.9. The highest BCUT2D eigenvalue weighted by molar-refractivity contribution is 6.30. The number of likely N-dealkylation sites (tertiary alicyclic amines) is 1. The molecule has 5 heteroatoms. The van der Waals surface area contributed by atoms with Gasteiger partial charge in [-0.3, -0.25) is 9.28 Å². The smallest absolute Gasteiger partial charge is 0.313 e. The van der Waals surface area contributed by atoms with E-state index < -0.39 is 0 Å². The second-order valence-electron chi connectivity index (χ2n) is 12.0. The Bertz CT molecular complexity index is 1070. The van der Waals surface area contributed by atoms with Gasteiger partial charge in [-0.1, -0.05) is 50.6 Å². The molecule has 1 saturated carbocycles. The molecule has 1 saturated heterocycles. The molecule has 0 amide bonds. The fourth-order valence-electron chi connectivity index (χ4n) is 6.45. The fraction of sp³-hybridized carbons (Fsp3) is 0.552. The molecule has 0 aromatic heterocycles. The van der Waals surface area contributed by atoms with Crippen molar-refractivity contribution in [1.29, 1.82) is 0 Å². The zero-order valence-corrected chi connectivity index (χ0v) is 21.6. The predicted molar refractivity (Wildman–Crippen MR) is 135 cm³/mol. The van der Waals surface area contributed by atoms with Crippen LogP contribution in [-0.2, 0) is 9.53 Å². The van der Waals surface area contributed by atoms with Crippen LogP contribution in [-0.4, -0.2) is 37.3 Å². The van der Waals surface area contributed by atoms with E-state index in [1.807, 2.05) is 24.3 Å². The van der Waals surface area contributed by atoms with E-state index in [1.54, 1.807) is 0 Å². The van der Waals surface area contributed by atoms with Gasteiger partial charge in [0.1, 0.15) is 11.5 Å². The molecule has 3 unspecified atom stereocenters. The summed E-state index contributed by atoms with van der Waals surface area (Å²) in [6, 6.07) is 14.3. The van der Waals surface area contributed by atoms with E-state index in [2.05, 4.69) is 46.0 Å². The minimum atomic E-state index is -0.00835. The van der Waals surface area contributed by atoms with Crippen LogP contribution in [0.2, 0.25) is 5.02 Å². The van der Waals surface area contributed by atoms with Gasteiger partial charge in [0.15, 0.2) is 0 Å². The minimum absolute atomic E-state index is 0.00835. The molecule has 2 fully saturated rings. The molecule has 5 rings (SSSR count). The number of esters is 1. The summed E-state index contributed by atoms with van der Waals surface area (Å²) in [5, 5.41) is 0.727. The number of ether oxygens (including phenoxy) is 2. The Morgan fingerprint density at radius 1 is 1.00 bits per heavy atom. The van der Waals surface area contributed by atoms with Crippen molar-refractivity contribution >= 4 is 17.6 Å². The Morgan fingerprint density at radius 2 is 1.65 bits per heavy atom. The third-order valence-corrected chi connectivity index (χ3v) is 8.71. The van der Waals surface area contributed by atoms with Gasteiger partial charge < -0.3 is 9.47 Å². The average molecular weight is 483 g/mol. The van der Waals surface area contributed by atoms with E-state index in [4.69, 9.17) is 21.1 Å². The van der Waals surface area contributed by atoms with Crippen LogP contribution in [0.15, 0.2) is 42.5 Å². The van der Waals surface area contributed by atoms with E-state index in [-0.39, 0.29) is 17.8 Å². The van der Waals surface area contributed by atoms with E-state index in [1.165, 1.54) is 5.56 Å². The third kappa shape index (κ3) is 4.59. The molecule has 182 valence electrons. The summed E-state index contributed by atoms with van der Waals surface area (Å²) in [6.45, 7) is 9.14. The lowest BCUT2D eigenvalue weighted by atomic mass is 9.70. The first kappa shape index (κ1) is 23.7. The summed E-state index contributed by atoms with van der Waals surface area (Å²) in [4.78, 5) is 13.0. The van der Waals surface area contributed by atoms with Crippen LogP contribution in [0.4, 0.5) is 0 Å². The number of quaternary nitrogens is 1. The van der Waals surface area contributed by atoms with Gasteiger partial charge in [0, 0.05) is 28.0 Å². The number of likely N-dealkylation sites (N-methyl/N-ethyl adjacent to an activating group) is 1. The zero-order chi connectivity index (χ0) is 24.1. The number of para-hydroxylation sites is 1. The molecule has 1 aliphatic carbocycles. The number of hydrogen-bond donors (Lipinski definition) is 0. The quantitative estimate of drug-likeness (QED) is 0.345. The Balaban J connectivity index is 1.30. The van der Waals surface area contributed by atoms with E-state index >= 15 is 0 Å². The van der Waals surface area contributed by atoms with Crippen molar-refractivity contribution in [2.75, 3.05) is 26.9 Å². The summed E-state index contributed by atoms with van der Waals surface area (Å²) in [6.07, 6.45) is 4.14. The van der Waals surface area contributed by atoms with Crippen LogP contribution in [0.25, 0.3) is 0 Å². The minimum Gasteiger partial charge on any atom is -0.457 e. The summed E-state index contributed by atoms with van der Waals surface area (Å²) in [5.74, 6) is 3.09. The van der Waals surface area contributed by atoms with Gasteiger partial charge >= 0.3 is 5.97 Å². The number of halogens is 1. The van der Waals surface area contributed by atoms with Crippen LogP contribution < -0.4 is 4.74 Å². The molecule has 34 heavy (non-hydrogen) atoms. The van der Waals surface area contributed by atoms with Crippen LogP contribution in [0.5, 0.6) is 11.5 Å². The van der Waals surface area contributed by atoms with Crippen molar-refractivity contribution in [2.45, 2.75) is 58.3 Å². The number of rotatable bonds is 3. The average Bonchev–Trinajstić information content (AvgIpc) is 3.10. The monoisotopic (exact) mass is 482 g/mol. The molecular formula is C29H37ClNO3+. The first-order valence-electron chi connectivity index (χ1n) is 12.7. The molecule has 2 heterocycles. The standard InChI is InChI=1S/C29H37ClNO3/c1-29(2,3)20-11-9-19(10-12-20)28(32)33-18-31(4)16-24-22-7-5-6-8-26(22)34-27-14-13-21(30)15-23(27)25(24)17-31/h5-8,13-15,19-20,24-25H,9-12,16-18H2,1-4H3/q+1. The molecule has 0 N–H and O–H groups in total. The molecule has 4 nitrogen and oxygen atoms in total. The van der Waals surface area contributed by atoms with Crippen molar-refractivity contribution < 1.29 is 18.8 Å². The lowest BCUT2D eigenvalue weighted by molar-refractivity contribution is -0.915. The topological polar surface area (TPSA) is 35.5 Å². The third-order valence-electron chi connectivity index (χ3n) is 8.47. The van der Waals surface area contributed by atoms with Gasteiger partial charge in [-0.25, -0.2) is 0 Å². The molecule has 0 bridgehead atoms. The van der Waals surface area contributed by atoms with Crippen molar-refractivity contribution in [3.8, 4) is 11.5 Å². The Hall–Kier alpha value is -2.04. The molecule has 2 aromatic carbocycles. The summed E-state index contributed by atoms with van der Waals surface area (Å²) < 4.78 is 13.0. The first-order chi connectivity index (χ1) is 16.1. The molecule has 2 aliphatic heterocycles. The van der Waals surface area contributed by atoms with Crippen molar-refractivity contribution in [3.63, 3.8) is 0 Å². The van der Waals surface area contributed by atoms with Gasteiger partial charge in [0.2, 0.25) is 6.73 Å². The van der Waals surface area contributed by atoms with E-state index in [0.717, 1.165) is 60.9 Å².